The predicted octanol–water partition coefficient (Wildman–Crippen LogP) is -6.45. The van der Waals surface area contributed by atoms with E-state index in [1.165, 1.54) is 0 Å². The van der Waals surface area contributed by atoms with Gasteiger partial charge in [-0.05, 0) is 0 Å². The van der Waals surface area contributed by atoms with Gasteiger partial charge in [-0.3, -0.25) is 19.6 Å². The van der Waals surface area contributed by atoms with Gasteiger partial charge in [-0.2, -0.15) is 0 Å². The van der Waals surface area contributed by atoms with Crippen LogP contribution in [-0.4, -0.2) is 25.7 Å². The van der Waals surface area contributed by atoms with Crippen LogP contribution in [0.5, 0.6) is 0 Å². The van der Waals surface area contributed by atoms with Crippen LogP contribution in [-0.2, 0) is 52.3 Å². The number of phosphoric ester groups is 2. The third-order valence-electron chi connectivity index (χ3n) is 0.387. The van der Waals surface area contributed by atoms with Crippen molar-refractivity contribution in [3.05, 3.63) is 0 Å². The summed E-state index contributed by atoms with van der Waals surface area (Å²) in [5, 5.41) is 0. The minimum absolute atomic E-state index is 0. The maximum atomic E-state index is 10.0. The normalized spacial score (nSPS) is 9.25. The van der Waals surface area contributed by atoms with Gasteiger partial charge in [0.1, 0.15) is 0 Å². The Morgan fingerprint density at radius 1 is 0.875 bits per heavy atom. The Hall–Kier alpha value is 1.80. The van der Waals surface area contributed by atoms with Crippen molar-refractivity contribution in [2.24, 2.45) is 0 Å². The summed E-state index contributed by atoms with van der Waals surface area (Å²) in [4.78, 5) is 41.7. The van der Waals surface area contributed by atoms with E-state index in [0.29, 0.717) is 0 Å². The molecule has 0 saturated carbocycles. The summed E-state index contributed by atoms with van der Waals surface area (Å²) in [6.45, 7) is 0. The van der Waals surface area contributed by atoms with Crippen molar-refractivity contribution in [1.29, 1.82) is 0 Å². The number of carbonyl (C=O) groups is 1. The SMILES string of the molecule is O=C(OP(=O)(O)O)OP(=O)(O)O.[Fe].[Fe].[H-].[H-].[Li+].[Li+]. The standard InChI is InChI=1S/CH4O9P2.2Fe.2Li.2H/c2-1(9-11(3,4)5)10-12(6,7)8;;;;;;/h(H2,3,4,5)(H2,6,7,8);;;;;;/q;;;2*+1;2*-1. The summed E-state index contributed by atoms with van der Waals surface area (Å²) in [6.07, 6.45) is -2.14. The van der Waals surface area contributed by atoms with E-state index in [-0.39, 0.29) is 74.7 Å². The first-order valence-electron chi connectivity index (χ1n) is 2.14. The largest absolute Gasteiger partial charge is 1.00 e. The second-order valence-electron chi connectivity index (χ2n) is 1.41. The summed E-state index contributed by atoms with van der Waals surface area (Å²) < 4.78 is 25.9. The zero-order chi connectivity index (χ0) is 9.99. The summed E-state index contributed by atoms with van der Waals surface area (Å²) in [6, 6.07) is 0. The molecule has 0 spiro atoms. The monoisotopic (exact) mass is 350 g/mol. The van der Waals surface area contributed by atoms with Crippen LogP contribution in [0.4, 0.5) is 4.79 Å². The summed E-state index contributed by atoms with van der Waals surface area (Å²) in [5.41, 5.74) is 0. The number of hydrogen-bond acceptors (Lipinski definition) is 5. The van der Waals surface area contributed by atoms with Gasteiger partial charge in [0, 0.05) is 34.1 Å². The van der Waals surface area contributed by atoms with Crippen LogP contribution in [0.25, 0.3) is 0 Å². The maximum Gasteiger partial charge on any atom is 1.00 e. The van der Waals surface area contributed by atoms with Crippen molar-refractivity contribution in [1.82, 2.24) is 0 Å². The molecular weight excluding hydrogens is 344 g/mol. The van der Waals surface area contributed by atoms with E-state index in [0.717, 1.165) is 0 Å². The van der Waals surface area contributed by atoms with Crippen LogP contribution >= 0.6 is 15.6 Å². The molecule has 0 aliphatic carbocycles. The van der Waals surface area contributed by atoms with Gasteiger partial charge in [0.15, 0.2) is 0 Å². The molecule has 0 amide bonds. The topological polar surface area (TPSA) is 151 Å². The molecule has 92 valence electrons. The molecule has 0 rings (SSSR count). The van der Waals surface area contributed by atoms with Crippen molar-refractivity contribution in [3.63, 3.8) is 0 Å². The molecule has 16 heavy (non-hydrogen) atoms. The Balaban J connectivity index is -0.0000000403. The van der Waals surface area contributed by atoms with Crippen LogP contribution < -0.4 is 37.7 Å². The first-order valence-corrected chi connectivity index (χ1v) is 5.20. The minimum atomic E-state index is -5.13. The zero-order valence-electron chi connectivity index (χ0n) is 9.93. The van der Waals surface area contributed by atoms with Crippen LogP contribution in [0, 0.1) is 0 Å². The molecule has 0 saturated heterocycles. The Morgan fingerprint density at radius 3 is 1.19 bits per heavy atom. The minimum Gasteiger partial charge on any atom is -1.00 e. The third-order valence-corrected chi connectivity index (χ3v) is 1.16. The van der Waals surface area contributed by atoms with Gasteiger partial charge in [0.25, 0.3) is 0 Å². The van der Waals surface area contributed by atoms with Crippen molar-refractivity contribution in [3.8, 4) is 0 Å². The van der Waals surface area contributed by atoms with Crippen molar-refractivity contribution in [2.45, 2.75) is 0 Å². The summed E-state index contributed by atoms with van der Waals surface area (Å²) >= 11 is 0. The van der Waals surface area contributed by atoms with E-state index in [2.05, 4.69) is 9.05 Å². The molecule has 0 unspecified atom stereocenters. The Morgan fingerprint density at radius 2 is 1.06 bits per heavy atom. The van der Waals surface area contributed by atoms with Crippen molar-refractivity contribution >= 4 is 21.8 Å². The van der Waals surface area contributed by atoms with Crippen LogP contribution in [0.15, 0.2) is 0 Å². The fraction of sp³-hybridized carbons (Fsp3) is 0. The van der Waals surface area contributed by atoms with Crippen molar-refractivity contribution in [2.75, 3.05) is 0 Å². The second-order valence-corrected chi connectivity index (χ2v) is 3.74. The maximum absolute atomic E-state index is 10.0. The van der Waals surface area contributed by atoms with E-state index >= 15 is 0 Å². The van der Waals surface area contributed by atoms with E-state index in [4.69, 9.17) is 19.6 Å². The first kappa shape index (κ1) is 30.7. The van der Waals surface area contributed by atoms with Gasteiger partial charge in [-0.25, -0.2) is 13.9 Å². The van der Waals surface area contributed by atoms with Gasteiger partial charge in [0.2, 0.25) is 0 Å². The van der Waals surface area contributed by atoms with Crippen molar-refractivity contribution < 1.29 is 117 Å². The summed E-state index contributed by atoms with van der Waals surface area (Å²) in [5.74, 6) is 0. The molecule has 0 bridgehead atoms. The van der Waals surface area contributed by atoms with E-state index in [1.807, 2.05) is 0 Å². The molecule has 0 aliphatic rings. The number of rotatable bonds is 2. The molecule has 0 atom stereocenters. The van der Waals surface area contributed by atoms with Gasteiger partial charge in [0.05, 0.1) is 0 Å². The fourth-order valence-electron chi connectivity index (χ4n) is 0.211. The number of carbonyl (C=O) groups excluding carboxylic acids is 1. The smallest absolute Gasteiger partial charge is 1.00 e. The molecule has 0 aliphatic heterocycles. The number of hydrogen-bond donors (Lipinski definition) is 4. The average Bonchev–Trinajstić information content (AvgIpc) is 1.49. The van der Waals surface area contributed by atoms with Gasteiger partial charge in [-0.1, -0.05) is 0 Å². The van der Waals surface area contributed by atoms with Gasteiger partial charge >= 0.3 is 59.5 Å². The quantitative estimate of drug-likeness (QED) is 0.282. The Labute approximate surface area is 138 Å². The fourth-order valence-corrected chi connectivity index (χ4v) is 0.733. The van der Waals surface area contributed by atoms with Crippen LogP contribution in [0.2, 0.25) is 0 Å². The molecule has 0 aromatic heterocycles. The Bertz CT molecular complexity index is 254. The zero-order valence-corrected chi connectivity index (χ0v) is 11.9. The average molecular weight is 350 g/mol. The van der Waals surface area contributed by atoms with E-state index < -0.39 is 21.8 Å². The van der Waals surface area contributed by atoms with Gasteiger partial charge < -0.3 is 11.9 Å². The molecule has 0 aromatic rings. The van der Waals surface area contributed by atoms with Crippen LogP contribution in [0.3, 0.4) is 0 Å². The van der Waals surface area contributed by atoms with E-state index in [1.54, 1.807) is 0 Å². The molecule has 0 heterocycles. The molecule has 0 fully saturated rings. The van der Waals surface area contributed by atoms with Gasteiger partial charge in [-0.15, -0.1) is 0 Å². The molecule has 4 N–H and O–H groups in total. The molecule has 0 radical (unpaired) electrons. The Kier molecular flexibility index (Phi) is 22.7. The van der Waals surface area contributed by atoms with E-state index in [9.17, 15) is 13.9 Å². The second kappa shape index (κ2) is 11.9. The third kappa shape index (κ3) is 24.9. The predicted molar refractivity (Wildman–Crippen MR) is 33.9 cm³/mol. The number of phosphoric acid groups is 2. The van der Waals surface area contributed by atoms with Crippen LogP contribution in [0.1, 0.15) is 2.85 Å². The molecule has 0 aromatic carbocycles. The first-order chi connectivity index (χ1) is 5.10. The molecule has 15 heteroatoms. The molecular formula is CH6Fe2Li2O9P2. The summed E-state index contributed by atoms with van der Waals surface area (Å²) in [7, 11) is -10.3. The molecule has 9 nitrogen and oxygen atoms in total.